The highest BCUT2D eigenvalue weighted by Crippen LogP contribution is 2.38. The molecule has 5 heteroatoms. The SMILES string of the molecule is CC(C)(C)OC(=O)C(N)CC1CCC(CO[Si](C)(C)C(C)(C)C)CC1. The normalized spacial score (nSPS) is 24.0. The first-order valence-corrected chi connectivity index (χ1v) is 12.7. The smallest absolute Gasteiger partial charge is 0.323 e. The molecule has 4 nitrogen and oxygen atoms in total. The minimum absolute atomic E-state index is 0.268. The lowest BCUT2D eigenvalue weighted by atomic mass is 9.79. The zero-order valence-corrected chi connectivity index (χ0v) is 18.8. The summed E-state index contributed by atoms with van der Waals surface area (Å²) in [6.45, 7) is 18.0. The highest BCUT2D eigenvalue weighted by molar-refractivity contribution is 6.74. The second-order valence-electron chi connectivity index (χ2n) is 10.3. The van der Waals surface area contributed by atoms with Crippen molar-refractivity contribution in [2.75, 3.05) is 6.61 Å². The van der Waals surface area contributed by atoms with Crippen LogP contribution in [0.3, 0.4) is 0 Å². The van der Waals surface area contributed by atoms with Crippen LogP contribution in [0.25, 0.3) is 0 Å². The molecular weight excluding hydrogens is 330 g/mol. The first-order chi connectivity index (χ1) is 11.2. The van der Waals surface area contributed by atoms with E-state index in [9.17, 15) is 4.79 Å². The van der Waals surface area contributed by atoms with Gasteiger partial charge in [0.05, 0.1) is 0 Å². The van der Waals surface area contributed by atoms with E-state index in [1.54, 1.807) is 0 Å². The van der Waals surface area contributed by atoms with Crippen LogP contribution in [-0.4, -0.2) is 32.5 Å². The van der Waals surface area contributed by atoms with Crippen molar-refractivity contribution in [2.45, 2.75) is 103 Å². The van der Waals surface area contributed by atoms with Gasteiger partial charge in [-0.3, -0.25) is 4.79 Å². The summed E-state index contributed by atoms with van der Waals surface area (Å²) in [7, 11) is -1.65. The van der Waals surface area contributed by atoms with Gasteiger partial charge >= 0.3 is 5.97 Å². The zero-order chi connectivity index (χ0) is 19.5. The standard InChI is InChI=1S/C20H41NO3Si/c1-19(2,3)24-18(22)17(21)13-15-9-11-16(12-10-15)14-23-25(7,8)20(4,5)6/h15-17H,9-14,21H2,1-8H3. The maximum Gasteiger partial charge on any atom is 0.323 e. The fraction of sp³-hybridized carbons (Fsp3) is 0.950. The third kappa shape index (κ3) is 7.79. The van der Waals surface area contributed by atoms with Gasteiger partial charge in [-0.2, -0.15) is 0 Å². The Labute approximate surface area is 156 Å². The molecule has 1 rings (SSSR count). The summed E-state index contributed by atoms with van der Waals surface area (Å²) >= 11 is 0. The minimum Gasteiger partial charge on any atom is -0.459 e. The van der Waals surface area contributed by atoms with Crippen molar-refractivity contribution in [3.8, 4) is 0 Å². The molecule has 25 heavy (non-hydrogen) atoms. The van der Waals surface area contributed by atoms with Crippen molar-refractivity contribution in [1.29, 1.82) is 0 Å². The van der Waals surface area contributed by atoms with Gasteiger partial charge in [0.15, 0.2) is 8.32 Å². The van der Waals surface area contributed by atoms with E-state index >= 15 is 0 Å². The second-order valence-corrected chi connectivity index (χ2v) is 15.1. The quantitative estimate of drug-likeness (QED) is 0.534. The van der Waals surface area contributed by atoms with Crippen LogP contribution in [0.1, 0.15) is 73.6 Å². The molecule has 1 atom stereocenters. The molecule has 0 amide bonds. The average molecular weight is 372 g/mol. The molecule has 1 aliphatic rings. The Bertz CT molecular complexity index is 429. The van der Waals surface area contributed by atoms with Crippen LogP contribution in [0.15, 0.2) is 0 Å². The van der Waals surface area contributed by atoms with Crippen molar-refractivity contribution in [1.82, 2.24) is 0 Å². The summed E-state index contributed by atoms with van der Waals surface area (Å²) in [5.74, 6) is 0.922. The number of hydrogen-bond donors (Lipinski definition) is 1. The van der Waals surface area contributed by atoms with Crippen molar-refractivity contribution in [3.05, 3.63) is 0 Å². The number of nitrogens with two attached hydrogens (primary N) is 1. The Morgan fingerprint density at radius 2 is 1.52 bits per heavy atom. The predicted octanol–water partition coefficient (Wildman–Crippen LogP) is 4.87. The predicted molar refractivity (Wildman–Crippen MR) is 107 cm³/mol. The number of hydrogen-bond acceptors (Lipinski definition) is 4. The number of carbonyl (C=O) groups excluding carboxylic acids is 1. The number of carbonyl (C=O) groups is 1. The van der Waals surface area contributed by atoms with E-state index in [-0.39, 0.29) is 11.0 Å². The first kappa shape index (κ1) is 22.6. The fourth-order valence-corrected chi connectivity index (χ4v) is 4.09. The molecule has 1 fully saturated rings. The van der Waals surface area contributed by atoms with E-state index in [0.29, 0.717) is 11.8 Å². The number of esters is 1. The van der Waals surface area contributed by atoms with E-state index in [2.05, 4.69) is 33.9 Å². The third-order valence-corrected chi connectivity index (χ3v) is 10.2. The van der Waals surface area contributed by atoms with Gasteiger partial charge in [-0.15, -0.1) is 0 Å². The molecule has 1 saturated carbocycles. The average Bonchev–Trinajstić information content (AvgIpc) is 2.43. The molecule has 0 spiro atoms. The number of ether oxygens (including phenoxy) is 1. The van der Waals surface area contributed by atoms with Crippen molar-refractivity contribution in [2.24, 2.45) is 17.6 Å². The van der Waals surface area contributed by atoms with Crippen LogP contribution in [0.5, 0.6) is 0 Å². The lowest BCUT2D eigenvalue weighted by Gasteiger charge is -2.38. The van der Waals surface area contributed by atoms with Crippen LogP contribution in [0.4, 0.5) is 0 Å². The minimum atomic E-state index is -1.65. The van der Waals surface area contributed by atoms with Gasteiger partial charge < -0.3 is 14.9 Å². The van der Waals surface area contributed by atoms with Crippen LogP contribution in [0.2, 0.25) is 18.1 Å². The first-order valence-electron chi connectivity index (χ1n) is 9.83. The molecule has 1 unspecified atom stereocenters. The molecule has 0 aromatic rings. The highest BCUT2D eigenvalue weighted by atomic mass is 28.4. The highest BCUT2D eigenvalue weighted by Gasteiger charge is 2.38. The van der Waals surface area contributed by atoms with Crippen LogP contribution < -0.4 is 5.73 Å². The molecule has 0 aliphatic heterocycles. The lowest BCUT2D eigenvalue weighted by Crippen LogP contribution is -2.42. The van der Waals surface area contributed by atoms with Gasteiger partial charge in [0.25, 0.3) is 0 Å². The monoisotopic (exact) mass is 371 g/mol. The van der Waals surface area contributed by atoms with Gasteiger partial charge in [0, 0.05) is 6.61 Å². The lowest BCUT2D eigenvalue weighted by molar-refractivity contribution is -0.157. The Hall–Kier alpha value is -0.393. The Kier molecular flexibility index (Phi) is 7.73. The van der Waals surface area contributed by atoms with E-state index in [4.69, 9.17) is 14.9 Å². The van der Waals surface area contributed by atoms with Gasteiger partial charge in [0.1, 0.15) is 11.6 Å². The van der Waals surface area contributed by atoms with Crippen molar-refractivity contribution < 1.29 is 14.0 Å². The Morgan fingerprint density at radius 1 is 1.04 bits per heavy atom. The zero-order valence-electron chi connectivity index (χ0n) is 17.8. The van der Waals surface area contributed by atoms with Crippen LogP contribution in [-0.2, 0) is 14.0 Å². The Morgan fingerprint density at radius 3 is 1.96 bits per heavy atom. The number of rotatable bonds is 6. The van der Waals surface area contributed by atoms with E-state index in [1.165, 1.54) is 12.8 Å². The maximum atomic E-state index is 12.0. The molecule has 0 saturated heterocycles. The van der Waals surface area contributed by atoms with Gasteiger partial charge in [-0.1, -0.05) is 33.6 Å². The molecule has 2 N–H and O–H groups in total. The summed E-state index contributed by atoms with van der Waals surface area (Å²) < 4.78 is 11.8. The molecule has 1 aliphatic carbocycles. The van der Waals surface area contributed by atoms with E-state index in [0.717, 1.165) is 25.9 Å². The largest absolute Gasteiger partial charge is 0.459 e. The topological polar surface area (TPSA) is 61.5 Å². The van der Waals surface area contributed by atoms with Crippen LogP contribution in [0, 0.1) is 11.8 Å². The van der Waals surface area contributed by atoms with Crippen molar-refractivity contribution >= 4 is 14.3 Å². The maximum absolute atomic E-state index is 12.0. The molecule has 0 heterocycles. The molecule has 0 radical (unpaired) electrons. The van der Waals surface area contributed by atoms with Crippen LogP contribution >= 0.6 is 0 Å². The summed E-state index contributed by atoms with van der Waals surface area (Å²) in [5.41, 5.74) is 5.60. The van der Waals surface area contributed by atoms with Gasteiger partial charge in [-0.25, -0.2) is 0 Å². The summed E-state index contributed by atoms with van der Waals surface area (Å²) in [4.78, 5) is 12.0. The van der Waals surface area contributed by atoms with Crippen molar-refractivity contribution in [3.63, 3.8) is 0 Å². The third-order valence-electron chi connectivity index (χ3n) is 5.75. The van der Waals surface area contributed by atoms with E-state index < -0.39 is 20.0 Å². The molecule has 0 bridgehead atoms. The Balaban J connectivity index is 2.35. The summed E-state index contributed by atoms with van der Waals surface area (Å²) in [6, 6.07) is -0.496. The molecular formula is C20H41NO3Si. The van der Waals surface area contributed by atoms with E-state index in [1.807, 2.05) is 20.8 Å². The summed E-state index contributed by atoms with van der Waals surface area (Å²) in [6.07, 6.45) is 5.38. The van der Waals surface area contributed by atoms with Gasteiger partial charge in [0.2, 0.25) is 0 Å². The molecule has 148 valence electrons. The molecule has 0 aromatic carbocycles. The summed E-state index contributed by atoms with van der Waals surface area (Å²) in [5, 5.41) is 0.268. The molecule has 0 aromatic heterocycles. The fourth-order valence-electron chi connectivity index (χ4n) is 3.01. The van der Waals surface area contributed by atoms with Gasteiger partial charge in [-0.05, 0) is 70.0 Å². The second kappa shape index (κ2) is 8.53.